The van der Waals surface area contributed by atoms with Gasteiger partial charge >= 0.3 is 0 Å². The predicted molar refractivity (Wildman–Crippen MR) is 207 cm³/mol. The van der Waals surface area contributed by atoms with Crippen LogP contribution >= 0.6 is 0 Å². The lowest BCUT2D eigenvalue weighted by Gasteiger charge is -2.17. The molecule has 0 unspecified atom stereocenters. The molecule has 2 rings (SSSR count). The quantitative estimate of drug-likeness (QED) is 0.0827. The van der Waals surface area contributed by atoms with Crippen LogP contribution in [0.3, 0.4) is 0 Å². The standard InChI is InChI=1S/C40H66O16/c41-9-13-45-17-21-48-20-16-44-12-8-39-38(2-1-3-40(39)56-35-33-54-31-29-52-27-25-50-23-19-47-15-11-43)36-4-6-37(7-5-36)55-34-32-53-30-28-51-26-24-49-22-18-46-14-10-42/h1-7,41-43H,8-35H2. The Morgan fingerprint density at radius 1 is 0.321 bits per heavy atom. The van der Waals surface area contributed by atoms with E-state index in [-0.39, 0.29) is 19.8 Å². The maximum Gasteiger partial charge on any atom is 0.123 e. The molecule has 56 heavy (non-hydrogen) atoms. The van der Waals surface area contributed by atoms with Crippen LogP contribution in [-0.2, 0) is 58.5 Å². The van der Waals surface area contributed by atoms with Crippen LogP contribution in [0.2, 0.25) is 0 Å². The van der Waals surface area contributed by atoms with Crippen LogP contribution in [0.4, 0.5) is 0 Å². The van der Waals surface area contributed by atoms with Gasteiger partial charge in [-0.2, -0.15) is 0 Å². The largest absolute Gasteiger partial charge is 0.491 e. The number of aliphatic hydroxyl groups excluding tert-OH is 3. The van der Waals surface area contributed by atoms with Crippen molar-refractivity contribution >= 4 is 0 Å². The van der Waals surface area contributed by atoms with Gasteiger partial charge < -0.3 is 76.9 Å². The summed E-state index contributed by atoms with van der Waals surface area (Å²) in [4.78, 5) is 0. The van der Waals surface area contributed by atoms with Gasteiger partial charge in [-0.05, 0) is 29.3 Å². The lowest BCUT2D eigenvalue weighted by Crippen LogP contribution is -2.14. The first-order valence-corrected chi connectivity index (χ1v) is 19.5. The van der Waals surface area contributed by atoms with Gasteiger partial charge in [0.25, 0.3) is 0 Å². The van der Waals surface area contributed by atoms with Crippen LogP contribution < -0.4 is 9.47 Å². The molecule has 322 valence electrons. The zero-order valence-electron chi connectivity index (χ0n) is 33.0. The summed E-state index contributed by atoms with van der Waals surface area (Å²) < 4.78 is 72.2. The molecule has 0 atom stereocenters. The fourth-order valence-corrected chi connectivity index (χ4v) is 4.82. The van der Waals surface area contributed by atoms with E-state index in [0.717, 1.165) is 28.2 Å². The van der Waals surface area contributed by atoms with Crippen molar-refractivity contribution in [1.82, 2.24) is 0 Å². The zero-order chi connectivity index (χ0) is 39.8. The van der Waals surface area contributed by atoms with Crippen LogP contribution in [0, 0.1) is 0 Å². The van der Waals surface area contributed by atoms with Gasteiger partial charge in [-0.3, -0.25) is 0 Å². The van der Waals surface area contributed by atoms with E-state index in [0.29, 0.717) is 165 Å². The number of hydrogen-bond donors (Lipinski definition) is 3. The minimum absolute atomic E-state index is 0.00487. The Kier molecular flexibility index (Phi) is 33.7. The molecule has 0 bridgehead atoms. The highest BCUT2D eigenvalue weighted by Crippen LogP contribution is 2.32. The maximum atomic E-state index is 8.79. The Hall–Kier alpha value is -2.52. The van der Waals surface area contributed by atoms with Gasteiger partial charge in [0.15, 0.2) is 0 Å². The summed E-state index contributed by atoms with van der Waals surface area (Å²) >= 11 is 0. The number of benzene rings is 2. The van der Waals surface area contributed by atoms with E-state index >= 15 is 0 Å². The summed E-state index contributed by atoms with van der Waals surface area (Å²) in [7, 11) is 0. The van der Waals surface area contributed by atoms with E-state index in [1.165, 1.54) is 0 Å². The predicted octanol–water partition coefficient (Wildman–Crippen LogP) is 1.81. The average Bonchev–Trinajstić information content (AvgIpc) is 3.22. The van der Waals surface area contributed by atoms with E-state index in [1.54, 1.807) is 0 Å². The number of aliphatic hydroxyl groups is 3. The molecule has 16 heteroatoms. The van der Waals surface area contributed by atoms with Crippen molar-refractivity contribution in [1.29, 1.82) is 0 Å². The summed E-state index contributed by atoms with van der Waals surface area (Å²) in [6.45, 7) is 10.3. The first-order chi connectivity index (χ1) is 27.8. The second-order valence-electron chi connectivity index (χ2n) is 11.7. The molecule has 3 N–H and O–H groups in total. The highest BCUT2D eigenvalue weighted by atomic mass is 16.6. The minimum atomic E-state index is -0.00519. The van der Waals surface area contributed by atoms with Crippen LogP contribution in [0.5, 0.6) is 11.5 Å². The molecular weight excluding hydrogens is 736 g/mol. The van der Waals surface area contributed by atoms with Crippen molar-refractivity contribution in [3.8, 4) is 22.6 Å². The van der Waals surface area contributed by atoms with Crippen molar-refractivity contribution in [2.45, 2.75) is 6.42 Å². The summed E-state index contributed by atoms with van der Waals surface area (Å²) in [6, 6.07) is 14.0. The van der Waals surface area contributed by atoms with Gasteiger partial charge in [0, 0.05) is 12.0 Å². The monoisotopic (exact) mass is 802 g/mol. The Labute approximate surface area is 332 Å². The Bertz CT molecular complexity index is 1130. The number of ether oxygens (including phenoxy) is 13. The molecular formula is C40H66O16. The highest BCUT2D eigenvalue weighted by molar-refractivity contribution is 5.70. The molecule has 0 heterocycles. The van der Waals surface area contributed by atoms with Gasteiger partial charge in [-0.25, -0.2) is 0 Å². The fourth-order valence-electron chi connectivity index (χ4n) is 4.82. The second-order valence-corrected chi connectivity index (χ2v) is 11.7. The third-order valence-electron chi connectivity index (χ3n) is 7.46. The van der Waals surface area contributed by atoms with Crippen molar-refractivity contribution in [2.75, 3.05) is 178 Å². The van der Waals surface area contributed by atoms with Crippen LogP contribution in [-0.4, -0.2) is 194 Å². The summed E-state index contributed by atoms with van der Waals surface area (Å²) in [5.41, 5.74) is 3.09. The first-order valence-electron chi connectivity index (χ1n) is 19.5. The molecule has 0 saturated carbocycles. The molecule has 0 radical (unpaired) electrons. The summed E-state index contributed by atoms with van der Waals surface area (Å²) in [5, 5.41) is 26.2. The van der Waals surface area contributed by atoms with Crippen molar-refractivity contribution in [2.24, 2.45) is 0 Å². The molecule has 0 aromatic heterocycles. The zero-order valence-corrected chi connectivity index (χ0v) is 33.0. The van der Waals surface area contributed by atoms with Gasteiger partial charge in [-0.1, -0.05) is 24.3 Å². The third kappa shape index (κ3) is 27.2. The molecule has 0 spiro atoms. The van der Waals surface area contributed by atoms with Crippen molar-refractivity contribution in [3.05, 3.63) is 48.0 Å². The topological polar surface area (TPSA) is 181 Å². The van der Waals surface area contributed by atoms with E-state index in [1.807, 2.05) is 36.4 Å². The van der Waals surface area contributed by atoms with Gasteiger partial charge in [0.2, 0.25) is 0 Å². The third-order valence-corrected chi connectivity index (χ3v) is 7.46. The summed E-state index contributed by atoms with van der Waals surface area (Å²) in [6.07, 6.45) is 0.627. The SMILES string of the molecule is OCCOCCOCCOCCOCCOc1ccc(-c2cccc(OCCOCCOCCOCCOCCO)c2CCOCCOCCOCCO)cc1. The lowest BCUT2D eigenvalue weighted by atomic mass is 9.97. The molecule has 16 nitrogen and oxygen atoms in total. The fraction of sp³-hybridized carbons (Fsp3) is 0.700. The molecule has 0 aliphatic heterocycles. The molecule has 0 aliphatic carbocycles. The molecule has 0 fully saturated rings. The Morgan fingerprint density at radius 3 is 1.05 bits per heavy atom. The number of rotatable bonds is 42. The second kappa shape index (κ2) is 38.0. The normalized spacial score (nSPS) is 11.4. The van der Waals surface area contributed by atoms with Crippen LogP contribution in [0.15, 0.2) is 42.5 Å². The highest BCUT2D eigenvalue weighted by Gasteiger charge is 2.12. The average molecular weight is 803 g/mol. The van der Waals surface area contributed by atoms with E-state index in [4.69, 9.17) is 76.9 Å². The van der Waals surface area contributed by atoms with Crippen LogP contribution in [0.1, 0.15) is 5.56 Å². The maximum absolute atomic E-state index is 8.79. The van der Waals surface area contributed by atoms with Gasteiger partial charge in [0.1, 0.15) is 24.7 Å². The van der Waals surface area contributed by atoms with E-state index < -0.39 is 0 Å². The van der Waals surface area contributed by atoms with Gasteiger partial charge in [0.05, 0.1) is 165 Å². The Morgan fingerprint density at radius 2 is 0.661 bits per heavy atom. The molecule has 0 saturated heterocycles. The summed E-state index contributed by atoms with van der Waals surface area (Å²) in [5.74, 6) is 1.51. The molecule has 2 aromatic rings. The Balaban J connectivity index is 1.75. The molecule has 2 aromatic carbocycles. The van der Waals surface area contributed by atoms with E-state index in [2.05, 4.69) is 6.07 Å². The smallest absolute Gasteiger partial charge is 0.123 e. The lowest BCUT2D eigenvalue weighted by molar-refractivity contribution is -0.00783. The first kappa shape index (κ1) is 49.6. The number of hydrogen-bond acceptors (Lipinski definition) is 16. The van der Waals surface area contributed by atoms with Crippen LogP contribution in [0.25, 0.3) is 11.1 Å². The van der Waals surface area contributed by atoms with Gasteiger partial charge in [-0.15, -0.1) is 0 Å². The van der Waals surface area contributed by atoms with E-state index in [9.17, 15) is 0 Å². The van der Waals surface area contributed by atoms with Crippen molar-refractivity contribution < 1.29 is 76.9 Å². The van der Waals surface area contributed by atoms with Crippen molar-refractivity contribution in [3.63, 3.8) is 0 Å². The molecule has 0 aliphatic rings. The molecule has 0 amide bonds. The minimum Gasteiger partial charge on any atom is -0.491 e.